The maximum atomic E-state index is 12.4. The summed E-state index contributed by atoms with van der Waals surface area (Å²) < 4.78 is 21.9. The summed E-state index contributed by atoms with van der Waals surface area (Å²) >= 11 is 0. The maximum absolute atomic E-state index is 12.4. The first-order valence-corrected chi connectivity index (χ1v) is 11.4. The van der Waals surface area contributed by atoms with Crippen molar-refractivity contribution in [2.75, 3.05) is 31.8 Å². The zero-order chi connectivity index (χ0) is 23.5. The van der Waals surface area contributed by atoms with Gasteiger partial charge in [0.15, 0.2) is 11.5 Å². The second-order valence-corrected chi connectivity index (χ2v) is 8.42. The van der Waals surface area contributed by atoms with Gasteiger partial charge in [-0.15, -0.1) is 0 Å². The molecule has 1 saturated heterocycles. The molecule has 1 amide bonds. The number of rotatable bonds is 8. The largest absolute Gasteiger partial charge is 0.486 e. The molecule has 9 nitrogen and oxygen atoms in total. The molecule has 2 aromatic heterocycles. The number of benzene rings is 1. The fourth-order valence-corrected chi connectivity index (χ4v) is 4.38. The highest BCUT2D eigenvalue weighted by Gasteiger charge is 2.34. The number of nitrogens with zero attached hydrogens (tertiary/aromatic N) is 3. The molecule has 9 heteroatoms. The molecule has 0 bridgehead atoms. The van der Waals surface area contributed by atoms with Gasteiger partial charge in [-0.25, -0.2) is 9.78 Å². The summed E-state index contributed by atoms with van der Waals surface area (Å²) in [6, 6.07) is 11.0. The van der Waals surface area contributed by atoms with Crippen LogP contribution in [0.1, 0.15) is 24.8 Å². The summed E-state index contributed by atoms with van der Waals surface area (Å²) in [5.74, 6) is 1.84. The molecule has 2 aliphatic heterocycles. The van der Waals surface area contributed by atoms with E-state index in [1.807, 2.05) is 18.2 Å². The van der Waals surface area contributed by atoms with Gasteiger partial charge in [-0.2, -0.15) is 0 Å². The van der Waals surface area contributed by atoms with E-state index in [4.69, 9.17) is 18.9 Å². The highest BCUT2D eigenvalue weighted by atomic mass is 16.6. The minimum Gasteiger partial charge on any atom is -0.486 e. The Bertz CT molecular complexity index is 1190. The summed E-state index contributed by atoms with van der Waals surface area (Å²) in [6.07, 6.45) is 2.90. The van der Waals surface area contributed by atoms with Crippen molar-refractivity contribution in [1.82, 2.24) is 9.97 Å². The Morgan fingerprint density at radius 1 is 1.18 bits per heavy atom. The van der Waals surface area contributed by atoms with E-state index in [1.165, 1.54) is 0 Å². The lowest BCUT2D eigenvalue weighted by Crippen LogP contribution is -2.26. The van der Waals surface area contributed by atoms with Crippen molar-refractivity contribution in [3.05, 3.63) is 48.2 Å². The maximum Gasteiger partial charge on any atom is 0.414 e. The summed E-state index contributed by atoms with van der Waals surface area (Å²) in [5, 5.41) is 10.6. The standard InChI is InChI=1S/C25H27N3O6/c1-31-23-8-6-20-24(27-23)16(9-10-26-20)3-2-4-18(29)14-19-15-28(25(30)34-19)17-5-7-21-22(13-17)33-12-11-32-21/h5-10,13,18-19,29H,2-4,11-12,14-15H2,1H3/t18-,19-/m1/s1. The zero-order valence-electron chi connectivity index (χ0n) is 19.0. The van der Waals surface area contributed by atoms with Gasteiger partial charge >= 0.3 is 6.09 Å². The molecular weight excluding hydrogens is 438 g/mol. The third kappa shape index (κ3) is 4.70. The molecule has 1 aromatic carbocycles. The molecule has 0 saturated carbocycles. The van der Waals surface area contributed by atoms with E-state index in [2.05, 4.69) is 9.97 Å². The van der Waals surface area contributed by atoms with Gasteiger partial charge in [0.25, 0.3) is 0 Å². The van der Waals surface area contributed by atoms with Gasteiger partial charge in [0.2, 0.25) is 5.88 Å². The van der Waals surface area contributed by atoms with Crippen LogP contribution in [0, 0.1) is 0 Å². The van der Waals surface area contributed by atoms with Crippen LogP contribution in [0.15, 0.2) is 42.6 Å². The van der Waals surface area contributed by atoms with Gasteiger partial charge in [0.1, 0.15) is 19.3 Å². The van der Waals surface area contributed by atoms with Crippen molar-refractivity contribution in [2.45, 2.75) is 37.9 Å². The third-order valence-electron chi connectivity index (χ3n) is 6.08. The van der Waals surface area contributed by atoms with Gasteiger partial charge in [-0.1, -0.05) is 0 Å². The number of pyridine rings is 2. The van der Waals surface area contributed by atoms with Crippen molar-refractivity contribution in [1.29, 1.82) is 0 Å². The summed E-state index contributed by atoms with van der Waals surface area (Å²) in [6.45, 7) is 1.38. The molecule has 2 aliphatic rings. The number of carbonyl (C=O) groups is 1. The average Bonchev–Trinajstić information content (AvgIpc) is 3.23. The molecule has 178 valence electrons. The Balaban J connectivity index is 1.15. The molecule has 1 N–H and O–H groups in total. The summed E-state index contributed by atoms with van der Waals surface area (Å²) in [4.78, 5) is 22.9. The first-order valence-electron chi connectivity index (χ1n) is 11.4. The van der Waals surface area contributed by atoms with E-state index in [9.17, 15) is 9.90 Å². The minimum absolute atomic E-state index is 0.372. The predicted molar refractivity (Wildman–Crippen MR) is 125 cm³/mol. The Hall–Kier alpha value is -3.59. The number of cyclic esters (lactones) is 1. The van der Waals surface area contributed by atoms with Crippen LogP contribution < -0.4 is 19.1 Å². The number of aromatic nitrogens is 2. The van der Waals surface area contributed by atoms with Crippen molar-refractivity contribution < 1.29 is 28.8 Å². The van der Waals surface area contributed by atoms with Crippen LogP contribution in [0.3, 0.4) is 0 Å². The molecule has 0 aliphatic carbocycles. The first kappa shape index (κ1) is 22.2. The van der Waals surface area contributed by atoms with Gasteiger partial charge in [0, 0.05) is 24.8 Å². The number of fused-ring (bicyclic) bond motifs is 2. The second-order valence-electron chi connectivity index (χ2n) is 8.42. The number of aliphatic hydroxyl groups excluding tert-OH is 1. The lowest BCUT2D eigenvalue weighted by atomic mass is 10.0. The predicted octanol–water partition coefficient (Wildman–Crippen LogP) is 3.51. The number of ether oxygens (including phenoxy) is 4. The second kappa shape index (κ2) is 9.72. The zero-order valence-corrected chi connectivity index (χ0v) is 19.0. The number of anilines is 1. The van der Waals surface area contributed by atoms with Crippen molar-refractivity contribution in [3.8, 4) is 17.4 Å². The monoisotopic (exact) mass is 465 g/mol. The molecule has 3 aromatic rings. The van der Waals surface area contributed by atoms with Gasteiger partial charge in [0.05, 0.1) is 36.5 Å². The fourth-order valence-electron chi connectivity index (χ4n) is 4.38. The molecule has 34 heavy (non-hydrogen) atoms. The van der Waals surface area contributed by atoms with Crippen molar-refractivity contribution >= 4 is 22.8 Å². The third-order valence-corrected chi connectivity index (χ3v) is 6.08. The van der Waals surface area contributed by atoms with Gasteiger partial charge < -0.3 is 24.1 Å². The number of carbonyl (C=O) groups excluding carboxylic acids is 1. The molecule has 5 rings (SSSR count). The molecule has 4 heterocycles. The number of hydrogen-bond donors (Lipinski definition) is 1. The molecular formula is C25H27N3O6. The lowest BCUT2D eigenvalue weighted by molar-refractivity contribution is 0.0792. The first-order chi connectivity index (χ1) is 16.6. The Morgan fingerprint density at radius 3 is 2.88 bits per heavy atom. The summed E-state index contributed by atoms with van der Waals surface area (Å²) in [7, 11) is 1.59. The molecule has 1 fully saturated rings. The number of aliphatic hydroxyl groups is 1. The minimum atomic E-state index is -0.575. The number of methoxy groups -OCH3 is 1. The van der Waals surface area contributed by atoms with Crippen LogP contribution in [0.4, 0.5) is 10.5 Å². The SMILES string of the molecule is COc1ccc2nccc(CCC[C@@H](O)C[C@@H]3CN(c4ccc5c(c4)OCCO5)C(=O)O3)c2n1. The number of aryl methyl sites for hydroxylation is 1. The normalized spacial score (nSPS) is 18.1. The van der Waals surface area contributed by atoms with Gasteiger partial charge in [-0.3, -0.25) is 9.88 Å². The Kier molecular flexibility index (Phi) is 6.35. The van der Waals surface area contributed by atoms with Crippen LogP contribution in [-0.2, 0) is 11.2 Å². The Morgan fingerprint density at radius 2 is 2.03 bits per heavy atom. The van der Waals surface area contributed by atoms with Crippen LogP contribution in [0.2, 0.25) is 0 Å². The quantitative estimate of drug-likeness (QED) is 0.539. The number of hydrogen-bond acceptors (Lipinski definition) is 8. The van der Waals surface area contributed by atoms with Crippen LogP contribution in [0.25, 0.3) is 11.0 Å². The molecule has 0 unspecified atom stereocenters. The summed E-state index contributed by atoms with van der Waals surface area (Å²) in [5.41, 5.74) is 3.39. The number of amides is 1. The molecule has 0 radical (unpaired) electrons. The lowest BCUT2D eigenvalue weighted by Gasteiger charge is -2.21. The van der Waals surface area contributed by atoms with Gasteiger partial charge in [-0.05, 0) is 49.1 Å². The topological polar surface area (TPSA) is 103 Å². The average molecular weight is 466 g/mol. The highest BCUT2D eigenvalue weighted by molar-refractivity contribution is 5.90. The van der Waals surface area contributed by atoms with Crippen LogP contribution in [-0.4, -0.2) is 60.2 Å². The van der Waals surface area contributed by atoms with E-state index < -0.39 is 12.2 Å². The highest BCUT2D eigenvalue weighted by Crippen LogP contribution is 2.35. The van der Waals surface area contributed by atoms with Crippen molar-refractivity contribution in [2.24, 2.45) is 0 Å². The van der Waals surface area contributed by atoms with Crippen LogP contribution in [0.5, 0.6) is 17.4 Å². The van der Waals surface area contributed by atoms with E-state index in [0.29, 0.717) is 55.7 Å². The fraction of sp³-hybridized carbons (Fsp3) is 0.400. The van der Waals surface area contributed by atoms with Crippen LogP contribution >= 0.6 is 0 Å². The molecule has 0 spiro atoms. The van der Waals surface area contributed by atoms with E-state index >= 15 is 0 Å². The van der Waals surface area contributed by atoms with E-state index in [0.717, 1.165) is 29.4 Å². The molecule has 2 atom stereocenters. The smallest absolute Gasteiger partial charge is 0.414 e. The Labute approximate surface area is 197 Å². The van der Waals surface area contributed by atoms with E-state index in [1.54, 1.807) is 36.4 Å². The van der Waals surface area contributed by atoms with E-state index in [-0.39, 0.29) is 6.10 Å². The van der Waals surface area contributed by atoms with Crippen molar-refractivity contribution in [3.63, 3.8) is 0 Å².